The third-order valence-corrected chi connectivity index (χ3v) is 4.50. The van der Waals surface area contributed by atoms with E-state index < -0.39 is 0 Å². The Hall–Kier alpha value is -0.710. The smallest absolute Gasteiger partial charge is 0.142 e. The standard InChI is InChI=1S/C16H16Br2FN/c1-3-20-16(11-5-4-6-14(18)15(11)19)12-9-10(2)7-8-13(12)17/h4-9,16,20H,3H2,1-2H3. The molecule has 0 aliphatic carbocycles. The first-order valence-electron chi connectivity index (χ1n) is 6.48. The van der Waals surface area contributed by atoms with E-state index in [4.69, 9.17) is 0 Å². The minimum Gasteiger partial charge on any atom is -0.306 e. The van der Waals surface area contributed by atoms with Crippen molar-refractivity contribution in [3.63, 3.8) is 0 Å². The Morgan fingerprint density at radius 2 is 1.85 bits per heavy atom. The largest absolute Gasteiger partial charge is 0.306 e. The van der Waals surface area contributed by atoms with E-state index in [1.54, 1.807) is 6.07 Å². The molecular weight excluding hydrogens is 385 g/mol. The Bertz CT molecular complexity index is 611. The summed E-state index contributed by atoms with van der Waals surface area (Å²) in [4.78, 5) is 0. The maximum Gasteiger partial charge on any atom is 0.142 e. The van der Waals surface area contributed by atoms with Crippen LogP contribution in [0.3, 0.4) is 0 Å². The molecule has 0 aliphatic rings. The molecule has 0 aromatic heterocycles. The molecule has 0 radical (unpaired) electrons. The van der Waals surface area contributed by atoms with Gasteiger partial charge < -0.3 is 5.32 Å². The van der Waals surface area contributed by atoms with E-state index in [9.17, 15) is 4.39 Å². The van der Waals surface area contributed by atoms with Crippen LogP contribution in [0.4, 0.5) is 4.39 Å². The van der Waals surface area contributed by atoms with E-state index in [-0.39, 0.29) is 11.9 Å². The molecule has 20 heavy (non-hydrogen) atoms. The zero-order valence-corrected chi connectivity index (χ0v) is 14.6. The fraction of sp³-hybridized carbons (Fsp3) is 0.250. The molecule has 1 nitrogen and oxygen atoms in total. The monoisotopic (exact) mass is 399 g/mol. The van der Waals surface area contributed by atoms with Gasteiger partial charge in [0.25, 0.3) is 0 Å². The lowest BCUT2D eigenvalue weighted by atomic mass is 9.97. The molecule has 4 heteroatoms. The molecule has 2 rings (SSSR count). The second kappa shape index (κ2) is 6.83. The number of rotatable bonds is 4. The van der Waals surface area contributed by atoms with Gasteiger partial charge in [0.05, 0.1) is 10.5 Å². The van der Waals surface area contributed by atoms with Gasteiger partial charge in [-0.2, -0.15) is 0 Å². The van der Waals surface area contributed by atoms with E-state index in [2.05, 4.69) is 43.2 Å². The Kier molecular flexibility index (Phi) is 5.35. The highest BCUT2D eigenvalue weighted by Gasteiger charge is 2.20. The normalized spacial score (nSPS) is 12.4. The van der Waals surface area contributed by atoms with Crippen molar-refractivity contribution in [2.45, 2.75) is 19.9 Å². The Morgan fingerprint density at radius 1 is 1.10 bits per heavy atom. The van der Waals surface area contributed by atoms with Gasteiger partial charge in [-0.1, -0.05) is 52.7 Å². The first-order valence-corrected chi connectivity index (χ1v) is 8.06. The quantitative estimate of drug-likeness (QED) is 0.728. The second-order valence-electron chi connectivity index (χ2n) is 4.66. The summed E-state index contributed by atoms with van der Waals surface area (Å²) >= 11 is 6.82. The second-order valence-corrected chi connectivity index (χ2v) is 6.37. The van der Waals surface area contributed by atoms with Crippen molar-refractivity contribution in [2.75, 3.05) is 6.54 Å². The summed E-state index contributed by atoms with van der Waals surface area (Å²) in [7, 11) is 0. The van der Waals surface area contributed by atoms with Crippen LogP contribution < -0.4 is 5.32 Å². The third-order valence-electron chi connectivity index (χ3n) is 3.16. The highest BCUT2D eigenvalue weighted by Crippen LogP contribution is 2.32. The van der Waals surface area contributed by atoms with Crippen LogP contribution in [-0.2, 0) is 0 Å². The molecule has 0 amide bonds. The molecule has 0 saturated heterocycles. The molecule has 1 N–H and O–H groups in total. The predicted molar refractivity (Wildman–Crippen MR) is 88.5 cm³/mol. The van der Waals surface area contributed by atoms with Crippen LogP contribution in [0.25, 0.3) is 0 Å². The topological polar surface area (TPSA) is 12.0 Å². The number of benzene rings is 2. The first-order chi connectivity index (χ1) is 9.54. The van der Waals surface area contributed by atoms with Gasteiger partial charge in [0, 0.05) is 10.0 Å². The number of hydrogen-bond donors (Lipinski definition) is 1. The van der Waals surface area contributed by atoms with E-state index in [1.165, 1.54) is 0 Å². The highest BCUT2D eigenvalue weighted by molar-refractivity contribution is 9.10. The fourth-order valence-electron chi connectivity index (χ4n) is 2.22. The average Bonchev–Trinajstić information content (AvgIpc) is 2.43. The molecule has 2 aromatic rings. The van der Waals surface area contributed by atoms with Crippen molar-refractivity contribution in [1.82, 2.24) is 5.32 Å². The zero-order chi connectivity index (χ0) is 14.7. The number of hydrogen-bond acceptors (Lipinski definition) is 1. The Balaban J connectivity index is 2.56. The minimum absolute atomic E-state index is 0.174. The van der Waals surface area contributed by atoms with Gasteiger partial charge in [0.2, 0.25) is 0 Å². The molecule has 106 valence electrons. The molecule has 1 atom stereocenters. The maximum atomic E-state index is 14.4. The van der Waals surface area contributed by atoms with Crippen molar-refractivity contribution >= 4 is 31.9 Å². The summed E-state index contributed by atoms with van der Waals surface area (Å²) in [6, 6.07) is 11.3. The molecule has 0 spiro atoms. The lowest BCUT2D eigenvalue weighted by molar-refractivity contribution is 0.554. The van der Waals surface area contributed by atoms with E-state index in [1.807, 2.05) is 38.1 Å². The summed E-state index contributed by atoms with van der Waals surface area (Å²) in [5.74, 6) is -0.216. The zero-order valence-electron chi connectivity index (χ0n) is 11.4. The molecule has 2 aromatic carbocycles. The van der Waals surface area contributed by atoms with Gasteiger partial charge in [-0.25, -0.2) is 4.39 Å². The molecule has 0 fully saturated rings. The minimum atomic E-state index is -0.216. The SMILES string of the molecule is CCNC(c1cc(C)ccc1Br)c1cccc(Br)c1F. The van der Waals surface area contributed by atoms with Crippen LogP contribution >= 0.6 is 31.9 Å². The summed E-state index contributed by atoms with van der Waals surface area (Å²) in [6.45, 7) is 4.82. The number of nitrogens with one attached hydrogen (secondary N) is 1. The molecule has 1 unspecified atom stereocenters. The Morgan fingerprint density at radius 3 is 2.55 bits per heavy atom. The van der Waals surface area contributed by atoms with E-state index in [0.717, 1.165) is 22.1 Å². The van der Waals surface area contributed by atoms with Crippen LogP contribution in [0.5, 0.6) is 0 Å². The van der Waals surface area contributed by atoms with Gasteiger partial charge in [-0.15, -0.1) is 0 Å². The van der Waals surface area contributed by atoms with Crippen LogP contribution in [0.15, 0.2) is 45.3 Å². The van der Waals surface area contributed by atoms with E-state index in [0.29, 0.717) is 10.0 Å². The van der Waals surface area contributed by atoms with E-state index >= 15 is 0 Å². The first kappa shape index (κ1) is 15.7. The van der Waals surface area contributed by atoms with Crippen molar-refractivity contribution in [3.05, 3.63) is 67.9 Å². The van der Waals surface area contributed by atoms with Crippen LogP contribution in [0.2, 0.25) is 0 Å². The van der Waals surface area contributed by atoms with Gasteiger partial charge in [-0.05, 0) is 47.1 Å². The van der Waals surface area contributed by atoms with Gasteiger partial charge in [0.15, 0.2) is 0 Å². The molecule has 0 saturated carbocycles. The van der Waals surface area contributed by atoms with Crippen molar-refractivity contribution in [2.24, 2.45) is 0 Å². The predicted octanol–water partition coefficient (Wildman–Crippen LogP) is 5.36. The summed E-state index contributed by atoms with van der Waals surface area (Å²) < 4.78 is 15.9. The Labute approximate surface area is 135 Å². The van der Waals surface area contributed by atoms with Gasteiger partial charge in [0.1, 0.15) is 5.82 Å². The van der Waals surface area contributed by atoms with Crippen LogP contribution in [0, 0.1) is 12.7 Å². The molecule has 0 aliphatic heterocycles. The molecular formula is C16H16Br2FN. The average molecular weight is 401 g/mol. The van der Waals surface area contributed by atoms with Crippen molar-refractivity contribution < 1.29 is 4.39 Å². The van der Waals surface area contributed by atoms with Crippen LogP contribution in [0.1, 0.15) is 29.7 Å². The summed E-state index contributed by atoms with van der Waals surface area (Å²) in [5.41, 5.74) is 2.85. The van der Waals surface area contributed by atoms with Crippen molar-refractivity contribution in [1.29, 1.82) is 0 Å². The molecule has 0 heterocycles. The maximum absolute atomic E-state index is 14.4. The lowest BCUT2D eigenvalue weighted by Gasteiger charge is -2.21. The van der Waals surface area contributed by atoms with Crippen LogP contribution in [-0.4, -0.2) is 6.54 Å². The van der Waals surface area contributed by atoms with Gasteiger partial charge in [-0.3, -0.25) is 0 Å². The fourth-order valence-corrected chi connectivity index (χ4v) is 3.08. The van der Waals surface area contributed by atoms with Gasteiger partial charge >= 0.3 is 0 Å². The number of aryl methyl sites for hydroxylation is 1. The number of halogens is 3. The highest BCUT2D eigenvalue weighted by atomic mass is 79.9. The summed E-state index contributed by atoms with van der Waals surface area (Å²) in [6.07, 6.45) is 0. The molecule has 0 bridgehead atoms. The summed E-state index contributed by atoms with van der Waals surface area (Å²) in [5, 5.41) is 3.36. The lowest BCUT2D eigenvalue weighted by Crippen LogP contribution is -2.23. The van der Waals surface area contributed by atoms with Crippen molar-refractivity contribution in [3.8, 4) is 0 Å². The third kappa shape index (κ3) is 3.30.